The van der Waals surface area contributed by atoms with Crippen LogP contribution in [0.1, 0.15) is 19.8 Å². The van der Waals surface area contributed by atoms with E-state index in [-0.39, 0.29) is 17.7 Å². The number of carbonyl (C=O) groups excluding carboxylic acids is 2. The van der Waals surface area contributed by atoms with Crippen molar-refractivity contribution in [2.45, 2.75) is 25.0 Å². The van der Waals surface area contributed by atoms with Crippen LogP contribution in [0.5, 0.6) is 0 Å². The molecule has 2 N–H and O–H groups in total. The van der Waals surface area contributed by atoms with Crippen molar-refractivity contribution in [2.24, 2.45) is 5.92 Å². The van der Waals surface area contributed by atoms with Gasteiger partial charge in [0.25, 0.3) is 0 Å². The molecule has 0 aliphatic carbocycles. The maximum Gasteiger partial charge on any atom is 0.224 e. The molecule has 2 amide bonds. The average molecular weight is 230 g/mol. The van der Waals surface area contributed by atoms with E-state index >= 15 is 0 Å². The fourth-order valence-corrected chi connectivity index (χ4v) is 1.68. The second-order valence-corrected chi connectivity index (χ2v) is 5.11. The van der Waals surface area contributed by atoms with E-state index in [0.29, 0.717) is 31.2 Å². The highest BCUT2D eigenvalue weighted by Crippen LogP contribution is 2.11. The van der Waals surface area contributed by atoms with Crippen molar-refractivity contribution in [2.75, 3.05) is 19.3 Å². The lowest BCUT2D eigenvalue weighted by atomic mass is 9.98. The fourth-order valence-electron chi connectivity index (χ4n) is 1.43. The molecule has 1 saturated heterocycles. The molecule has 0 bridgehead atoms. The summed E-state index contributed by atoms with van der Waals surface area (Å²) in [6.07, 6.45) is 3.17. The zero-order chi connectivity index (χ0) is 11.3. The molecule has 0 aromatic heterocycles. The topological polar surface area (TPSA) is 58.2 Å². The number of carbonyl (C=O) groups is 2. The van der Waals surface area contributed by atoms with E-state index in [9.17, 15) is 9.59 Å². The van der Waals surface area contributed by atoms with Crippen molar-refractivity contribution >= 4 is 23.6 Å². The summed E-state index contributed by atoms with van der Waals surface area (Å²) in [5.41, 5.74) is 0. The van der Waals surface area contributed by atoms with Crippen molar-refractivity contribution in [3.8, 4) is 0 Å². The molecule has 1 aliphatic rings. The van der Waals surface area contributed by atoms with Crippen LogP contribution in [0.3, 0.4) is 0 Å². The lowest BCUT2D eigenvalue weighted by molar-refractivity contribution is -0.128. The Balaban J connectivity index is 2.25. The van der Waals surface area contributed by atoms with Crippen molar-refractivity contribution < 1.29 is 9.59 Å². The van der Waals surface area contributed by atoms with E-state index in [2.05, 4.69) is 17.6 Å². The molecule has 1 heterocycles. The highest BCUT2D eigenvalue weighted by atomic mass is 32.2. The Morgan fingerprint density at radius 2 is 2.47 bits per heavy atom. The zero-order valence-corrected chi connectivity index (χ0v) is 10.0. The number of amides is 2. The lowest BCUT2D eigenvalue weighted by Gasteiger charge is -2.22. The van der Waals surface area contributed by atoms with Gasteiger partial charge in [-0.1, -0.05) is 6.92 Å². The summed E-state index contributed by atoms with van der Waals surface area (Å²) in [6, 6.07) is 0. The minimum atomic E-state index is -0.0447. The van der Waals surface area contributed by atoms with Crippen LogP contribution in [0, 0.1) is 5.92 Å². The molecule has 0 radical (unpaired) electrons. The van der Waals surface area contributed by atoms with Crippen LogP contribution >= 0.6 is 11.8 Å². The van der Waals surface area contributed by atoms with Crippen molar-refractivity contribution in [3.63, 3.8) is 0 Å². The minimum Gasteiger partial charge on any atom is -0.355 e. The molecule has 1 rings (SSSR count). The van der Waals surface area contributed by atoms with Gasteiger partial charge in [-0.25, -0.2) is 0 Å². The van der Waals surface area contributed by atoms with E-state index in [1.807, 2.05) is 6.26 Å². The molecular formula is C10H18N2O2S. The van der Waals surface area contributed by atoms with Crippen LogP contribution < -0.4 is 10.6 Å². The minimum absolute atomic E-state index is 0.0447. The number of nitrogens with one attached hydrogen (secondary N) is 2. The van der Waals surface area contributed by atoms with Gasteiger partial charge in [0.15, 0.2) is 0 Å². The summed E-state index contributed by atoms with van der Waals surface area (Å²) in [5, 5.41) is 6.05. The second kappa shape index (κ2) is 6.00. The number of thioether (sulfide) groups is 1. The summed E-state index contributed by atoms with van der Waals surface area (Å²) in [7, 11) is 0. The van der Waals surface area contributed by atoms with E-state index < -0.39 is 0 Å². The van der Waals surface area contributed by atoms with Gasteiger partial charge in [0.1, 0.15) is 0 Å². The van der Waals surface area contributed by atoms with Crippen molar-refractivity contribution in [3.05, 3.63) is 0 Å². The monoisotopic (exact) mass is 230 g/mol. The van der Waals surface area contributed by atoms with Gasteiger partial charge in [-0.05, 0) is 12.7 Å². The molecule has 0 saturated carbocycles. The molecule has 2 atom stereocenters. The molecule has 0 spiro atoms. The maximum atomic E-state index is 11.7. The number of rotatable bonds is 4. The third-order valence-electron chi connectivity index (χ3n) is 2.60. The average Bonchev–Trinajstić information content (AvgIpc) is 2.26. The molecule has 0 aromatic carbocycles. The summed E-state index contributed by atoms with van der Waals surface area (Å²) in [4.78, 5) is 22.6. The lowest BCUT2D eigenvalue weighted by Crippen LogP contribution is -2.44. The van der Waals surface area contributed by atoms with Gasteiger partial charge in [0.05, 0.1) is 5.92 Å². The van der Waals surface area contributed by atoms with Crippen LogP contribution in [0.4, 0.5) is 0 Å². The van der Waals surface area contributed by atoms with Gasteiger partial charge in [-0.15, -0.1) is 0 Å². The Bertz CT molecular complexity index is 236. The second-order valence-electron chi connectivity index (χ2n) is 3.83. The smallest absolute Gasteiger partial charge is 0.224 e. The normalized spacial score (nSPS) is 23.1. The summed E-state index contributed by atoms with van der Waals surface area (Å²) in [5.74, 6) is 0.0733. The zero-order valence-electron chi connectivity index (χ0n) is 9.21. The predicted molar refractivity (Wildman–Crippen MR) is 61.7 cm³/mol. The molecule has 0 aromatic rings. The Morgan fingerprint density at radius 1 is 1.73 bits per heavy atom. The first-order valence-electron chi connectivity index (χ1n) is 5.20. The Morgan fingerprint density at radius 3 is 3.00 bits per heavy atom. The van der Waals surface area contributed by atoms with Crippen molar-refractivity contribution in [1.29, 1.82) is 0 Å². The Hall–Kier alpha value is -0.710. The third kappa shape index (κ3) is 4.11. The van der Waals surface area contributed by atoms with Gasteiger partial charge >= 0.3 is 0 Å². The van der Waals surface area contributed by atoms with E-state index in [1.165, 1.54) is 0 Å². The highest BCUT2D eigenvalue weighted by molar-refractivity contribution is 7.99. The first-order chi connectivity index (χ1) is 7.13. The standard InChI is InChI=1S/C10H18N2O2S/c1-7(15-2)5-12-10(14)8-3-4-9(13)11-6-8/h7-8H,3-6H2,1-2H3,(H,11,13)(H,12,14). The first kappa shape index (κ1) is 12.4. The molecule has 2 unspecified atom stereocenters. The van der Waals surface area contributed by atoms with Crippen LogP contribution in [-0.4, -0.2) is 36.4 Å². The van der Waals surface area contributed by atoms with Crippen LogP contribution in [0.2, 0.25) is 0 Å². The Labute approximate surface area is 94.6 Å². The van der Waals surface area contributed by atoms with Crippen LogP contribution in [-0.2, 0) is 9.59 Å². The molecule has 1 fully saturated rings. The van der Waals surface area contributed by atoms with E-state index in [0.717, 1.165) is 0 Å². The maximum absolute atomic E-state index is 11.7. The predicted octanol–water partition coefficient (Wildman–Crippen LogP) is 0.380. The highest BCUT2D eigenvalue weighted by Gasteiger charge is 2.24. The first-order valence-corrected chi connectivity index (χ1v) is 6.49. The molecule has 15 heavy (non-hydrogen) atoms. The number of hydrogen-bond acceptors (Lipinski definition) is 3. The molecule has 4 nitrogen and oxygen atoms in total. The van der Waals surface area contributed by atoms with Gasteiger partial charge in [0, 0.05) is 24.8 Å². The largest absolute Gasteiger partial charge is 0.355 e. The molecule has 86 valence electrons. The van der Waals surface area contributed by atoms with Crippen LogP contribution in [0.15, 0.2) is 0 Å². The van der Waals surface area contributed by atoms with Gasteiger partial charge in [-0.2, -0.15) is 11.8 Å². The summed E-state index contributed by atoms with van der Waals surface area (Å²) >= 11 is 1.73. The molecule has 1 aliphatic heterocycles. The van der Waals surface area contributed by atoms with Gasteiger partial charge in [0.2, 0.25) is 11.8 Å². The SMILES string of the molecule is CSC(C)CNC(=O)C1CCC(=O)NC1. The summed E-state index contributed by atoms with van der Waals surface area (Å²) < 4.78 is 0. The fraction of sp³-hybridized carbons (Fsp3) is 0.800. The van der Waals surface area contributed by atoms with E-state index in [1.54, 1.807) is 11.8 Å². The van der Waals surface area contributed by atoms with Crippen LogP contribution in [0.25, 0.3) is 0 Å². The quantitative estimate of drug-likeness (QED) is 0.734. The molecule has 5 heteroatoms. The number of hydrogen-bond donors (Lipinski definition) is 2. The van der Waals surface area contributed by atoms with Gasteiger partial charge in [-0.3, -0.25) is 9.59 Å². The van der Waals surface area contributed by atoms with Crippen molar-refractivity contribution in [1.82, 2.24) is 10.6 Å². The molecular weight excluding hydrogens is 212 g/mol. The van der Waals surface area contributed by atoms with E-state index in [4.69, 9.17) is 0 Å². The Kier molecular flexibility index (Phi) is 4.94. The van der Waals surface area contributed by atoms with Gasteiger partial charge < -0.3 is 10.6 Å². The third-order valence-corrected chi connectivity index (χ3v) is 3.57. The summed E-state index contributed by atoms with van der Waals surface area (Å²) in [6.45, 7) is 3.26. The number of piperidine rings is 1.